The zero-order chi connectivity index (χ0) is 23.7. The van der Waals surface area contributed by atoms with Gasteiger partial charge in [0.25, 0.3) is 5.91 Å². The molecule has 1 aromatic carbocycles. The van der Waals surface area contributed by atoms with Crippen molar-refractivity contribution in [2.45, 2.75) is 19.4 Å². The minimum atomic E-state index is -0.367. The topological polar surface area (TPSA) is 90.3 Å². The van der Waals surface area contributed by atoms with Gasteiger partial charge in [-0.15, -0.1) is 0 Å². The highest BCUT2D eigenvalue weighted by Crippen LogP contribution is 2.30. The predicted molar refractivity (Wildman–Crippen MR) is 128 cm³/mol. The van der Waals surface area contributed by atoms with Crippen molar-refractivity contribution in [2.75, 3.05) is 26.8 Å². The van der Waals surface area contributed by atoms with Gasteiger partial charge < -0.3 is 14.4 Å². The van der Waals surface area contributed by atoms with Crippen molar-refractivity contribution < 1.29 is 14.3 Å². The van der Waals surface area contributed by atoms with Crippen LogP contribution in [-0.4, -0.2) is 63.2 Å². The number of methoxy groups -OCH3 is 1. The molecule has 0 atom stereocenters. The molecule has 4 aromatic rings. The summed E-state index contributed by atoms with van der Waals surface area (Å²) in [6.07, 6.45) is 6.63. The lowest BCUT2D eigenvalue weighted by Gasteiger charge is -2.38. The zero-order valence-corrected chi connectivity index (χ0v) is 19.4. The van der Waals surface area contributed by atoms with Crippen LogP contribution in [0.25, 0.3) is 33.3 Å². The summed E-state index contributed by atoms with van der Waals surface area (Å²) in [4.78, 5) is 32.6. The van der Waals surface area contributed by atoms with E-state index in [0.717, 1.165) is 33.3 Å². The number of carbonyl (C=O) groups is 1. The molecule has 5 rings (SSSR count). The first kappa shape index (κ1) is 21.9. The van der Waals surface area contributed by atoms with Crippen molar-refractivity contribution in [2.24, 2.45) is 0 Å². The predicted octanol–water partition coefficient (Wildman–Crippen LogP) is 4.01. The maximum absolute atomic E-state index is 13.2. The summed E-state index contributed by atoms with van der Waals surface area (Å²) in [5.41, 5.74) is 4.38. The van der Waals surface area contributed by atoms with E-state index in [9.17, 15) is 4.79 Å². The third kappa shape index (κ3) is 4.32. The quantitative estimate of drug-likeness (QED) is 0.459. The van der Waals surface area contributed by atoms with Gasteiger partial charge in [-0.2, -0.15) is 0 Å². The van der Waals surface area contributed by atoms with E-state index in [1.54, 1.807) is 25.7 Å². The zero-order valence-electron chi connectivity index (χ0n) is 19.4. The van der Waals surface area contributed by atoms with Gasteiger partial charge in [0.05, 0.1) is 36.1 Å². The fraction of sp³-hybridized carbons (Fsp3) is 0.269. The van der Waals surface area contributed by atoms with Crippen LogP contribution in [0.4, 0.5) is 0 Å². The van der Waals surface area contributed by atoms with Crippen LogP contribution in [0.3, 0.4) is 0 Å². The van der Waals surface area contributed by atoms with E-state index in [1.165, 1.54) is 6.33 Å². The molecular weight excluding hydrogens is 430 g/mol. The normalized spacial score (nSPS) is 15.3. The van der Waals surface area contributed by atoms with Crippen molar-refractivity contribution in [1.29, 1.82) is 0 Å². The summed E-state index contributed by atoms with van der Waals surface area (Å²) in [5, 5.41) is 0.870. The lowest BCUT2D eigenvalue weighted by atomic mass is 10.0. The Morgan fingerprint density at radius 2 is 1.85 bits per heavy atom. The molecule has 1 amide bonds. The van der Waals surface area contributed by atoms with Gasteiger partial charge in [0, 0.05) is 54.3 Å². The van der Waals surface area contributed by atoms with Crippen molar-refractivity contribution in [3.63, 3.8) is 0 Å². The summed E-state index contributed by atoms with van der Waals surface area (Å²) < 4.78 is 10.9. The summed E-state index contributed by atoms with van der Waals surface area (Å²) in [7, 11) is 1.59. The average molecular weight is 456 g/mol. The van der Waals surface area contributed by atoms with Crippen LogP contribution in [0.2, 0.25) is 0 Å². The Bertz CT molecular complexity index is 1350. The first-order valence-electron chi connectivity index (χ1n) is 11.1. The van der Waals surface area contributed by atoms with Crippen LogP contribution in [0.15, 0.2) is 61.3 Å². The van der Waals surface area contributed by atoms with E-state index in [-0.39, 0.29) is 11.5 Å². The van der Waals surface area contributed by atoms with Crippen LogP contribution in [0.5, 0.6) is 5.88 Å². The van der Waals surface area contributed by atoms with Gasteiger partial charge in [0.1, 0.15) is 6.33 Å². The Morgan fingerprint density at radius 3 is 2.62 bits per heavy atom. The molecule has 172 valence electrons. The van der Waals surface area contributed by atoms with E-state index >= 15 is 0 Å². The van der Waals surface area contributed by atoms with Crippen molar-refractivity contribution in [1.82, 2.24) is 24.8 Å². The van der Waals surface area contributed by atoms with Crippen LogP contribution < -0.4 is 4.74 Å². The molecular formula is C26H25N5O3. The van der Waals surface area contributed by atoms with Gasteiger partial charge in [-0.3, -0.25) is 9.78 Å². The van der Waals surface area contributed by atoms with E-state index in [0.29, 0.717) is 31.1 Å². The Kier molecular flexibility index (Phi) is 5.67. The minimum Gasteiger partial charge on any atom is -0.481 e. The molecule has 0 bridgehead atoms. The van der Waals surface area contributed by atoms with E-state index < -0.39 is 0 Å². The monoisotopic (exact) mass is 455 g/mol. The Hall–Kier alpha value is -3.91. The number of ether oxygens (including phenoxy) is 2. The highest BCUT2D eigenvalue weighted by atomic mass is 16.5. The van der Waals surface area contributed by atoms with Crippen LogP contribution >= 0.6 is 0 Å². The summed E-state index contributed by atoms with van der Waals surface area (Å²) in [6, 6.07) is 11.6. The molecule has 0 spiro atoms. The number of fused-ring (bicyclic) bond motifs is 1. The largest absolute Gasteiger partial charge is 0.481 e. The second kappa shape index (κ2) is 8.79. The van der Waals surface area contributed by atoms with Crippen molar-refractivity contribution in [3.8, 4) is 28.3 Å². The molecule has 0 N–H and O–H groups in total. The van der Waals surface area contributed by atoms with E-state index in [2.05, 4.69) is 19.9 Å². The molecule has 1 fully saturated rings. The number of hydrogen-bond donors (Lipinski definition) is 0. The Labute approximate surface area is 197 Å². The number of carbonyl (C=O) groups excluding carboxylic acids is 1. The minimum absolute atomic E-state index is 0.0610. The maximum atomic E-state index is 13.2. The smallest absolute Gasteiger partial charge is 0.255 e. The molecule has 0 saturated carbocycles. The molecule has 0 aliphatic carbocycles. The Morgan fingerprint density at radius 1 is 1.00 bits per heavy atom. The second-order valence-electron chi connectivity index (χ2n) is 8.84. The molecule has 0 unspecified atom stereocenters. The standard InChI is InChI=1S/C26H25N5O3/c1-26(2)15-31(8-9-34-26)25(32)20-10-19(12-27-13-20)24-21-11-17(4-6-22(21)29-16-30-24)18-5-7-23(33-3)28-14-18/h4-7,10-14,16H,8-9,15H2,1-3H3. The van der Waals surface area contributed by atoms with Crippen LogP contribution in [-0.2, 0) is 4.74 Å². The fourth-order valence-electron chi connectivity index (χ4n) is 4.20. The third-order valence-corrected chi connectivity index (χ3v) is 5.89. The highest BCUT2D eigenvalue weighted by Gasteiger charge is 2.30. The lowest BCUT2D eigenvalue weighted by Crippen LogP contribution is -2.50. The SMILES string of the molecule is COc1ccc(-c2ccc3ncnc(-c4cncc(C(=O)N5CCOC(C)(C)C5)c4)c3c2)cn1. The van der Waals surface area contributed by atoms with Gasteiger partial charge in [-0.25, -0.2) is 15.0 Å². The number of hydrogen-bond acceptors (Lipinski definition) is 7. The number of amides is 1. The van der Waals surface area contributed by atoms with Gasteiger partial charge in [0.2, 0.25) is 5.88 Å². The lowest BCUT2D eigenvalue weighted by molar-refractivity contribution is -0.0764. The summed E-state index contributed by atoms with van der Waals surface area (Å²) >= 11 is 0. The number of rotatable bonds is 4. The maximum Gasteiger partial charge on any atom is 0.255 e. The first-order chi connectivity index (χ1) is 16.4. The average Bonchev–Trinajstić information content (AvgIpc) is 2.87. The molecule has 0 radical (unpaired) electrons. The van der Waals surface area contributed by atoms with Gasteiger partial charge >= 0.3 is 0 Å². The fourth-order valence-corrected chi connectivity index (χ4v) is 4.20. The number of benzene rings is 1. The van der Waals surface area contributed by atoms with Crippen LogP contribution in [0, 0.1) is 0 Å². The molecule has 3 aromatic heterocycles. The van der Waals surface area contributed by atoms with E-state index in [1.807, 2.05) is 55.1 Å². The molecule has 1 saturated heterocycles. The first-order valence-corrected chi connectivity index (χ1v) is 11.1. The molecule has 8 nitrogen and oxygen atoms in total. The molecule has 34 heavy (non-hydrogen) atoms. The third-order valence-electron chi connectivity index (χ3n) is 5.89. The van der Waals surface area contributed by atoms with Gasteiger partial charge in [-0.1, -0.05) is 6.07 Å². The number of pyridine rings is 2. The van der Waals surface area contributed by atoms with Gasteiger partial charge in [0.15, 0.2) is 0 Å². The number of morpholine rings is 1. The molecule has 8 heteroatoms. The van der Waals surface area contributed by atoms with Gasteiger partial charge in [-0.05, 0) is 43.7 Å². The second-order valence-corrected chi connectivity index (χ2v) is 8.84. The van der Waals surface area contributed by atoms with Crippen molar-refractivity contribution >= 4 is 16.8 Å². The Balaban J connectivity index is 1.52. The van der Waals surface area contributed by atoms with Crippen molar-refractivity contribution in [3.05, 3.63) is 66.9 Å². The summed E-state index contributed by atoms with van der Waals surface area (Å²) in [6.45, 7) is 5.59. The number of aromatic nitrogens is 4. The molecule has 4 heterocycles. The van der Waals surface area contributed by atoms with E-state index in [4.69, 9.17) is 9.47 Å². The van der Waals surface area contributed by atoms with Crippen LogP contribution in [0.1, 0.15) is 24.2 Å². The molecule has 1 aliphatic rings. The molecule has 1 aliphatic heterocycles. The number of nitrogens with zero attached hydrogens (tertiary/aromatic N) is 5. The highest BCUT2D eigenvalue weighted by molar-refractivity contribution is 5.98. The summed E-state index contributed by atoms with van der Waals surface area (Å²) in [5.74, 6) is 0.499.